The van der Waals surface area contributed by atoms with Crippen LogP contribution in [0.2, 0.25) is 0 Å². The fraction of sp³-hybridized carbons (Fsp3) is 0.267. The molecule has 3 rings (SSSR count). The van der Waals surface area contributed by atoms with Gasteiger partial charge in [-0.3, -0.25) is 4.98 Å². The minimum atomic E-state index is 0.664. The molecule has 1 aliphatic carbocycles. The van der Waals surface area contributed by atoms with E-state index < -0.39 is 0 Å². The van der Waals surface area contributed by atoms with Gasteiger partial charge in [0.15, 0.2) is 0 Å². The van der Waals surface area contributed by atoms with Crippen molar-refractivity contribution >= 4 is 0 Å². The molecule has 1 heterocycles. The normalized spacial score (nSPS) is 13.0. The zero-order valence-electron chi connectivity index (χ0n) is 9.94. The molecule has 17 heavy (non-hydrogen) atoms. The maximum Gasteiger partial charge on any atom is 0.0719 e. The number of hydrogen-bond acceptors (Lipinski definition) is 2. The van der Waals surface area contributed by atoms with Crippen molar-refractivity contribution < 1.29 is 4.74 Å². The summed E-state index contributed by atoms with van der Waals surface area (Å²) in [5.41, 5.74) is 6.51. The van der Waals surface area contributed by atoms with Gasteiger partial charge in [0.1, 0.15) is 0 Å². The quantitative estimate of drug-likeness (QED) is 0.783. The number of aryl methyl sites for hydroxylation is 2. The zero-order valence-corrected chi connectivity index (χ0v) is 9.94. The van der Waals surface area contributed by atoms with E-state index in [0.29, 0.717) is 6.61 Å². The molecule has 0 saturated heterocycles. The summed E-state index contributed by atoms with van der Waals surface area (Å²) in [7, 11) is 1.74. The number of methoxy groups -OCH3 is 1. The Kier molecular flexibility index (Phi) is 2.65. The van der Waals surface area contributed by atoms with Gasteiger partial charge in [-0.15, -0.1) is 0 Å². The molecule has 0 bridgehead atoms. The van der Waals surface area contributed by atoms with E-state index in [4.69, 9.17) is 4.74 Å². The van der Waals surface area contributed by atoms with Crippen LogP contribution in [0.15, 0.2) is 36.5 Å². The molecule has 0 N–H and O–H groups in total. The highest BCUT2D eigenvalue weighted by Crippen LogP contribution is 2.35. The van der Waals surface area contributed by atoms with E-state index in [9.17, 15) is 0 Å². The van der Waals surface area contributed by atoms with Gasteiger partial charge in [0.05, 0.1) is 6.61 Å². The van der Waals surface area contributed by atoms with Gasteiger partial charge in [-0.1, -0.05) is 24.3 Å². The lowest BCUT2D eigenvalue weighted by atomic mass is 9.85. The van der Waals surface area contributed by atoms with Gasteiger partial charge in [0.2, 0.25) is 0 Å². The number of hydrogen-bond donors (Lipinski definition) is 0. The van der Waals surface area contributed by atoms with Crippen LogP contribution < -0.4 is 0 Å². The smallest absolute Gasteiger partial charge is 0.0719 e. The second-order valence-corrected chi connectivity index (χ2v) is 4.38. The predicted octanol–water partition coefficient (Wildman–Crippen LogP) is 2.99. The molecule has 0 aliphatic heterocycles. The molecule has 2 aromatic rings. The first kappa shape index (κ1) is 10.5. The molecule has 0 saturated carbocycles. The van der Waals surface area contributed by atoms with Gasteiger partial charge in [-0.25, -0.2) is 0 Å². The lowest BCUT2D eigenvalue weighted by Crippen LogP contribution is -2.08. The van der Waals surface area contributed by atoms with Crippen molar-refractivity contribution in [3.8, 4) is 11.1 Å². The van der Waals surface area contributed by atoms with Crippen molar-refractivity contribution in [2.75, 3.05) is 7.11 Å². The van der Waals surface area contributed by atoms with E-state index in [0.717, 1.165) is 12.8 Å². The summed E-state index contributed by atoms with van der Waals surface area (Å²) in [6.07, 6.45) is 4.00. The van der Waals surface area contributed by atoms with Crippen molar-refractivity contribution in [1.29, 1.82) is 0 Å². The minimum Gasteiger partial charge on any atom is -0.380 e. The summed E-state index contributed by atoms with van der Waals surface area (Å²) < 4.78 is 5.29. The van der Waals surface area contributed by atoms with Crippen LogP contribution in [0.4, 0.5) is 0 Å². The lowest BCUT2D eigenvalue weighted by molar-refractivity contribution is 0.185. The van der Waals surface area contributed by atoms with E-state index in [1.54, 1.807) is 7.11 Å². The van der Waals surface area contributed by atoms with Gasteiger partial charge in [0, 0.05) is 24.6 Å². The molecule has 0 radical (unpaired) electrons. The third kappa shape index (κ3) is 1.75. The molecule has 0 fully saturated rings. The highest BCUT2D eigenvalue weighted by Gasteiger charge is 2.19. The summed E-state index contributed by atoms with van der Waals surface area (Å²) in [5.74, 6) is 0. The molecule has 1 aliphatic rings. The second-order valence-electron chi connectivity index (χ2n) is 4.38. The van der Waals surface area contributed by atoms with Crippen LogP contribution in [0.1, 0.15) is 16.8 Å². The van der Waals surface area contributed by atoms with Crippen LogP contribution in [0.3, 0.4) is 0 Å². The Labute approximate surface area is 101 Å². The summed E-state index contributed by atoms with van der Waals surface area (Å²) in [5, 5.41) is 0. The minimum absolute atomic E-state index is 0.664. The van der Waals surface area contributed by atoms with E-state index in [2.05, 4.69) is 29.2 Å². The topological polar surface area (TPSA) is 22.1 Å². The van der Waals surface area contributed by atoms with E-state index >= 15 is 0 Å². The molecule has 2 heteroatoms. The van der Waals surface area contributed by atoms with Gasteiger partial charge in [-0.2, -0.15) is 0 Å². The average molecular weight is 225 g/mol. The Morgan fingerprint density at radius 2 is 2.12 bits per heavy atom. The predicted molar refractivity (Wildman–Crippen MR) is 67.8 cm³/mol. The number of rotatable bonds is 2. The maximum atomic E-state index is 5.29. The Morgan fingerprint density at radius 3 is 3.00 bits per heavy atom. The molecule has 0 unspecified atom stereocenters. The van der Waals surface area contributed by atoms with Crippen LogP contribution in [-0.4, -0.2) is 12.1 Å². The van der Waals surface area contributed by atoms with Crippen molar-refractivity contribution in [3.63, 3.8) is 0 Å². The van der Waals surface area contributed by atoms with Gasteiger partial charge < -0.3 is 4.74 Å². The van der Waals surface area contributed by atoms with Crippen LogP contribution in [0.25, 0.3) is 11.1 Å². The Hall–Kier alpha value is -1.67. The summed E-state index contributed by atoms with van der Waals surface area (Å²) in [4.78, 5) is 4.48. The van der Waals surface area contributed by atoms with Gasteiger partial charge in [0.25, 0.3) is 0 Å². The maximum absolute atomic E-state index is 5.29. The third-order valence-corrected chi connectivity index (χ3v) is 3.33. The van der Waals surface area contributed by atoms with Crippen molar-refractivity contribution in [3.05, 3.63) is 53.3 Å². The Bertz CT molecular complexity index is 548. The van der Waals surface area contributed by atoms with Gasteiger partial charge in [-0.05, 0) is 35.6 Å². The largest absolute Gasteiger partial charge is 0.380 e. The first-order valence-electron chi connectivity index (χ1n) is 5.94. The summed E-state index contributed by atoms with van der Waals surface area (Å²) in [6, 6.07) is 10.7. The van der Waals surface area contributed by atoms with Gasteiger partial charge >= 0.3 is 0 Å². The molecule has 1 aromatic heterocycles. The van der Waals surface area contributed by atoms with Crippen LogP contribution in [0.5, 0.6) is 0 Å². The van der Waals surface area contributed by atoms with Crippen LogP contribution >= 0.6 is 0 Å². The van der Waals surface area contributed by atoms with E-state index in [1.165, 1.54) is 27.9 Å². The molecule has 86 valence electrons. The number of pyridine rings is 1. The lowest BCUT2D eigenvalue weighted by Gasteiger charge is -2.21. The zero-order chi connectivity index (χ0) is 11.7. The number of nitrogens with zero attached hydrogens (tertiary/aromatic N) is 1. The molecule has 2 nitrogen and oxygen atoms in total. The number of benzene rings is 1. The van der Waals surface area contributed by atoms with Crippen LogP contribution in [-0.2, 0) is 24.2 Å². The molecule has 1 aromatic carbocycles. The van der Waals surface area contributed by atoms with E-state index in [-0.39, 0.29) is 0 Å². The third-order valence-electron chi connectivity index (χ3n) is 3.33. The molecular weight excluding hydrogens is 210 g/mol. The number of fused-ring (bicyclic) bond motifs is 3. The Morgan fingerprint density at radius 1 is 1.18 bits per heavy atom. The average Bonchev–Trinajstić information content (AvgIpc) is 2.39. The summed E-state index contributed by atoms with van der Waals surface area (Å²) in [6.45, 7) is 0.664. The van der Waals surface area contributed by atoms with Crippen LogP contribution in [0, 0.1) is 0 Å². The first-order valence-corrected chi connectivity index (χ1v) is 5.94. The van der Waals surface area contributed by atoms with Crippen molar-refractivity contribution in [1.82, 2.24) is 4.98 Å². The first-order chi connectivity index (χ1) is 8.40. The standard InChI is InChI=1S/C15H15NO/c1-17-10-12-5-2-4-11-7-8-14-13(15(11)12)6-3-9-16-14/h2-6,9H,7-8,10H2,1H3. The fourth-order valence-corrected chi connectivity index (χ4v) is 2.60. The molecular formula is C15H15NO. The number of ether oxygens (including phenoxy) is 1. The van der Waals surface area contributed by atoms with Crippen molar-refractivity contribution in [2.24, 2.45) is 0 Å². The highest BCUT2D eigenvalue weighted by molar-refractivity contribution is 5.74. The second kappa shape index (κ2) is 4.30. The van der Waals surface area contributed by atoms with Crippen molar-refractivity contribution in [2.45, 2.75) is 19.4 Å². The highest BCUT2D eigenvalue weighted by atomic mass is 16.5. The summed E-state index contributed by atoms with van der Waals surface area (Å²) >= 11 is 0. The SMILES string of the molecule is COCc1cccc2c1-c1cccnc1CC2. The molecule has 0 spiro atoms. The number of aromatic nitrogens is 1. The monoisotopic (exact) mass is 225 g/mol. The molecule has 0 atom stereocenters. The fourth-order valence-electron chi connectivity index (χ4n) is 2.60. The Balaban J connectivity index is 2.22. The van der Waals surface area contributed by atoms with E-state index in [1.807, 2.05) is 12.3 Å². The molecule has 0 amide bonds.